The predicted molar refractivity (Wildman–Crippen MR) is 101 cm³/mol. The Labute approximate surface area is 149 Å². The summed E-state index contributed by atoms with van der Waals surface area (Å²) in [5, 5.41) is 1.17. The van der Waals surface area contributed by atoms with Crippen molar-refractivity contribution in [1.29, 1.82) is 0 Å². The Balaban J connectivity index is 1.85. The van der Waals surface area contributed by atoms with E-state index >= 15 is 0 Å². The molecule has 0 unspecified atom stereocenters. The molecule has 0 aliphatic carbocycles. The topological polar surface area (TPSA) is 47.8 Å². The molecule has 0 aliphatic rings. The van der Waals surface area contributed by atoms with Crippen molar-refractivity contribution in [3.05, 3.63) is 94.9 Å². The van der Waals surface area contributed by atoms with Crippen LogP contribution in [-0.4, -0.2) is 14.5 Å². The summed E-state index contributed by atoms with van der Waals surface area (Å²) in [4.78, 5) is 21.9. The smallest absolute Gasteiger partial charge is 0.268 e. The highest BCUT2D eigenvalue weighted by Crippen LogP contribution is 2.23. The summed E-state index contributed by atoms with van der Waals surface area (Å²) in [5.74, 6) is 0.735. The molecule has 0 fully saturated rings. The standard InChI is InChI=1S/C20H15N3OS/c24-19-17-12-7-13-21-18(17)22-20(23(19)16-10-5-2-6-11-16)25-14-15-8-3-1-4-9-15/h1-13H,14H2. The van der Waals surface area contributed by atoms with E-state index < -0.39 is 0 Å². The molecule has 25 heavy (non-hydrogen) atoms. The maximum atomic E-state index is 13.0. The van der Waals surface area contributed by atoms with Crippen LogP contribution in [0.1, 0.15) is 5.56 Å². The number of benzene rings is 2. The van der Waals surface area contributed by atoms with E-state index in [2.05, 4.69) is 22.1 Å². The highest BCUT2D eigenvalue weighted by atomic mass is 32.2. The second-order valence-electron chi connectivity index (χ2n) is 5.52. The average molecular weight is 345 g/mol. The molecule has 0 radical (unpaired) electrons. The zero-order valence-electron chi connectivity index (χ0n) is 13.4. The van der Waals surface area contributed by atoms with Crippen molar-refractivity contribution in [1.82, 2.24) is 14.5 Å². The van der Waals surface area contributed by atoms with Gasteiger partial charge in [0.2, 0.25) is 0 Å². The van der Waals surface area contributed by atoms with Gasteiger partial charge in [0.05, 0.1) is 11.1 Å². The fourth-order valence-corrected chi connectivity index (χ4v) is 3.58. The molecular formula is C20H15N3OS. The Bertz CT molecular complexity index is 1060. The number of para-hydroxylation sites is 1. The van der Waals surface area contributed by atoms with E-state index in [0.29, 0.717) is 16.2 Å². The van der Waals surface area contributed by atoms with Crippen molar-refractivity contribution in [2.75, 3.05) is 0 Å². The lowest BCUT2D eigenvalue weighted by Crippen LogP contribution is -2.22. The Hall–Kier alpha value is -2.92. The molecule has 2 heterocycles. The number of fused-ring (bicyclic) bond motifs is 1. The molecule has 0 aliphatic heterocycles. The van der Waals surface area contributed by atoms with Gasteiger partial charge in [-0.05, 0) is 29.8 Å². The van der Waals surface area contributed by atoms with E-state index in [9.17, 15) is 4.79 Å². The Kier molecular flexibility index (Phi) is 4.31. The van der Waals surface area contributed by atoms with Crippen LogP contribution in [0.15, 0.2) is 88.9 Å². The van der Waals surface area contributed by atoms with Crippen LogP contribution in [0.4, 0.5) is 0 Å². The SMILES string of the molecule is O=c1c2cccnc2nc(SCc2ccccc2)n1-c1ccccc1. The lowest BCUT2D eigenvalue weighted by Gasteiger charge is -2.12. The minimum absolute atomic E-state index is 0.0974. The summed E-state index contributed by atoms with van der Waals surface area (Å²) in [5.41, 5.74) is 2.37. The second-order valence-corrected chi connectivity index (χ2v) is 6.46. The molecule has 4 nitrogen and oxygen atoms in total. The molecule has 0 saturated heterocycles. The van der Waals surface area contributed by atoms with Crippen LogP contribution in [0.2, 0.25) is 0 Å². The van der Waals surface area contributed by atoms with Crippen molar-refractivity contribution in [2.45, 2.75) is 10.9 Å². The zero-order valence-corrected chi connectivity index (χ0v) is 14.2. The van der Waals surface area contributed by atoms with Crippen molar-refractivity contribution < 1.29 is 0 Å². The monoisotopic (exact) mass is 345 g/mol. The van der Waals surface area contributed by atoms with Crippen LogP contribution in [-0.2, 0) is 5.75 Å². The van der Waals surface area contributed by atoms with Crippen LogP contribution >= 0.6 is 11.8 Å². The lowest BCUT2D eigenvalue weighted by molar-refractivity contribution is 0.814. The number of hydrogen-bond acceptors (Lipinski definition) is 4. The summed E-state index contributed by atoms with van der Waals surface area (Å²) in [6, 6.07) is 23.3. The van der Waals surface area contributed by atoms with Gasteiger partial charge in [-0.2, -0.15) is 0 Å². The lowest BCUT2D eigenvalue weighted by atomic mass is 10.2. The molecule has 0 atom stereocenters. The van der Waals surface area contributed by atoms with Gasteiger partial charge in [0.1, 0.15) is 0 Å². The van der Waals surface area contributed by atoms with Crippen LogP contribution < -0.4 is 5.56 Å². The molecule has 5 heteroatoms. The quantitative estimate of drug-likeness (QED) is 0.413. The Morgan fingerprint density at radius 2 is 1.60 bits per heavy atom. The molecule has 0 N–H and O–H groups in total. The number of aromatic nitrogens is 3. The number of rotatable bonds is 4. The fourth-order valence-electron chi connectivity index (χ4n) is 2.62. The highest BCUT2D eigenvalue weighted by Gasteiger charge is 2.13. The van der Waals surface area contributed by atoms with Gasteiger partial charge in [0.25, 0.3) is 5.56 Å². The molecule has 4 rings (SSSR count). The Morgan fingerprint density at radius 3 is 2.36 bits per heavy atom. The van der Waals surface area contributed by atoms with E-state index in [1.807, 2.05) is 48.5 Å². The molecule has 4 aromatic rings. The van der Waals surface area contributed by atoms with Crippen LogP contribution in [0, 0.1) is 0 Å². The van der Waals surface area contributed by atoms with Gasteiger partial charge >= 0.3 is 0 Å². The third kappa shape index (κ3) is 3.19. The summed E-state index contributed by atoms with van der Waals surface area (Å²) in [7, 11) is 0. The summed E-state index contributed by atoms with van der Waals surface area (Å²) >= 11 is 1.54. The fraction of sp³-hybridized carbons (Fsp3) is 0.0500. The van der Waals surface area contributed by atoms with Gasteiger partial charge in [0.15, 0.2) is 10.8 Å². The van der Waals surface area contributed by atoms with Crippen LogP contribution in [0.25, 0.3) is 16.7 Å². The van der Waals surface area contributed by atoms with E-state index in [1.165, 1.54) is 17.3 Å². The number of hydrogen-bond donors (Lipinski definition) is 0. The Morgan fingerprint density at radius 1 is 0.880 bits per heavy atom. The van der Waals surface area contributed by atoms with Gasteiger partial charge in [-0.3, -0.25) is 9.36 Å². The minimum atomic E-state index is -0.0974. The summed E-state index contributed by atoms with van der Waals surface area (Å²) < 4.78 is 1.66. The number of thioether (sulfide) groups is 1. The first kappa shape index (κ1) is 15.6. The van der Waals surface area contributed by atoms with Gasteiger partial charge in [-0.1, -0.05) is 60.3 Å². The first-order chi connectivity index (χ1) is 12.3. The van der Waals surface area contributed by atoms with E-state index in [0.717, 1.165) is 11.4 Å². The second kappa shape index (κ2) is 6.91. The van der Waals surface area contributed by atoms with Crippen molar-refractivity contribution in [2.24, 2.45) is 0 Å². The maximum Gasteiger partial charge on any atom is 0.268 e. The first-order valence-corrected chi connectivity index (χ1v) is 8.91. The molecule has 0 amide bonds. The van der Waals surface area contributed by atoms with Crippen molar-refractivity contribution >= 4 is 22.8 Å². The molecule has 0 spiro atoms. The highest BCUT2D eigenvalue weighted by molar-refractivity contribution is 7.98. The molecule has 2 aromatic carbocycles. The molecule has 122 valence electrons. The third-order valence-electron chi connectivity index (χ3n) is 3.84. The largest absolute Gasteiger partial charge is 0.268 e. The first-order valence-electron chi connectivity index (χ1n) is 7.93. The van der Waals surface area contributed by atoms with Gasteiger partial charge < -0.3 is 0 Å². The average Bonchev–Trinajstić information content (AvgIpc) is 2.68. The van der Waals surface area contributed by atoms with E-state index in [1.54, 1.807) is 22.9 Å². The van der Waals surface area contributed by atoms with Crippen LogP contribution in [0.5, 0.6) is 0 Å². The third-order valence-corrected chi connectivity index (χ3v) is 4.85. The van der Waals surface area contributed by atoms with Crippen molar-refractivity contribution in [3.63, 3.8) is 0 Å². The predicted octanol–water partition coefficient (Wildman–Crippen LogP) is 4.07. The summed E-state index contributed by atoms with van der Waals surface area (Å²) in [6.07, 6.45) is 1.66. The van der Waals surface area contributed by atoms with Gasteiger partial charge in [-0.15, -0.1) is 0 Å². The van der Waals surface area contributed by atoms with Gasteiger partial charge in [-0.25, -0.2) is 9.97 Å². The van der Waals surface area contributed by atoms with E-state index in [-0.39, 0.29) is 5.56 Å². The minimum Gasteiger partial charge on any atom is -0.268 e. The van der Waals surface area contributed by atoms with E-state index in [4.69, 9.17) is 0 Å². The van der Waals surface area contributed by atoms with Crippen LogP contribution in [0.3, 0.4) is 0 Å². The zero-order chi connectivity index (χ0) is 17.1. The molecular weight excluding hydrogens is 330 g/mol. The number of nitrogens with zero attached hydrogens (tertiary/aromatic N) is 3. The van der Waals surface area contributed by atoms with Crippen molar-refractivity contribution in [3.8, 4) is 5.69 Å². The summed E-state index contributed by atoms with van der Waals surface area (Å²) in [6.45, 7) is 0. The number of pyridine rings is 1. The normalized spacial score (nSPS) is 10.9. The molecule has 2 aromatic heterocycles. The molecule has 0 saturated carbocycles. The van der Waals surface area contributed by atoms with Gasteiger partial charge in [0, 0.05) is 11.9 Å². The maximum absolute atomic E-state index is 13.0. The molecule has 0 bridgehead atoms.